The van der Waals surface area contributed by atoms with Crippen LogP contribution < -0.4 is 9.64 Å². The molecule has 0 saturated carbocycles. The number of hydrogen-bond donors (Lipinski definition) is 0. The molecule has 0 aliphatic carbocycles. The molecule has 1 amide bonds. The second kappa shape index (κ2) is 10.8. The number of rotatable bonds is 6. The van der Waals surface area contributed by atoms with Crippen LogP contribution in [0.1, 0.15) is 18.1 Å². The lowest BCUT2D eigenvalue weighted by molar-refractivity contribution is -0.137. The molecule has 5 nitrogen and oxygen atoms in total. The van der Waals surface area contributed by atoms with Crippen molar-refractivity contribution in [1.29, 1.82) is 0 Å². The van der Waals surface area contributed by atoms with Crippen LogP contribution in [-0.2, 0) is 17.4 Å². The maximum Gasteiger partial charge on any atom is 0.416 e. The Kier molecular flexibility index (Phi) is 7.45. The zero-order valence-corrected chi connectivity index (χ0v) is 22.3. The topological polar surface area (TPSA) is 45.1 Å². The summed E-state index contributed by atoms with van der Waals surface area (Å²) in [6.45, 7) is 2.98. The molecule has 2 aliphatic rings. The van der Waals surface area contributed by atoms with Crippen LogP contribution in [0.25, 0.3) is 0 Å². The molecule has 38 heavy (non-hydrogen) atoms. The fourth-order valence-corrected chi connectivity index (χ4v) is 6.63. The summed E-state index contributed by atoms with van der Waals surface area (Å²) in [5.74, 6) is 0.508. The molecular weight excluding hydrogens is 531 g/mol. The fraction of sp³-hybridized carbons (Fsp3) is 0.214. The molecule has 2 heterocycles. The Bertz CT molecular complexity index is 1420. The molecule has 196 valence electrons. The van der Waals surface area contributed by atoms with Gasteiger partial charge in [-0.15, -0.1) is 0 Å². The van der Waals surface area contributed by atoms with E-state index in [1.54, 1.807) is 12.0 Å². The molecule has 3 aromatic carbocycles. The monoisotopic (exact) mass is 555 g/mol. The molecule has 1 saturated heterocycles. The van der Waals surface area contributed by atoms with E-state index in [1.807, 2.05) is 55.5 Å². The molecule has 0 spiro atoms. The minimum absolute atomic E-state index is 0.144. The van der Waals surface area contributed by atoms with Gasteiger partial charge in [-0.2, -0.15) is 13.2 Å². The summed E-state index contributed by atoms with van der Waals surface area (Å²) in [6.07, 6.45) is -3.90. The molecule has 0 unspecified atom stereocenters. The van der Waals surface area contributed by atoms with Crippen molar-refractivity contribution in [2.24, 2.45) is 4.99 Å². The number of aliphatic imine (C=N–C) groups is 1. The summed E-state index contributed by atoms with van der Waals surface area (Å²) < 4.78 is 45.3. The number of anilines is 1. The molecule has 3 aromatic rings. The van der Waals surface area contributed by atoms with E-state index in [0.717, 1.165) is 39.1 Å². The maximum absolute atomic E-state index is 13.8. The average molecular weight is 556 g/mol. The normalized spacial score (nSPS) is 18.4. The van der Waals surface area contributed by atoms with Gasteiger partial charge in [0.25, 0.3) is 5.91 Å². The molecule has 0 aromatic heterocycles. The Morgan fingerprint density at radius 1 is 0.947 bits per heavy atom. The number of halogens is 3. The highest BCUT2D eigenvalue weighted by atomic mass is 32.2. The van der Waals surface area contributed by atoms with Crippen LogP contribution in [0.5, 0.6) is 5.75 Å². The number of carbonyl (C=O) groups is 1. The van der Waals surface area contributed by atoms with E-state index in [-0.39, 0.29) is 11.6 Å². The quantitative estimate of drug-likeness (QED) is 0.298. The number of alkyl halides is 3. The molecule has 0 bridgehead atoms. The van der Waals surface area contributed by atoms with Crippen molar-refractivity contribution in [3.8, 4) is 5.75 Å². The van der Waals surface area contributed by atoms with E-state index < -0.39 is 11.7 Å². The van der Waals surface area contributed by atoms with Gasteiger partial charge in [0.1, 0.15) is 15.7 Å². The molecule has 0 atom stereocenters. The molecule has 2 aliphatic heterocycles. The first-order valence-electron chi connectivity index (χ1n) is 12.0. The maximum atomic E-state index is 13.8. The number of amides is 1. The second-order valence-corrected chi connectivity index (χ2v) is 10.6. The van der Waals surface area contributed by atoms with Crippen molar-refractivity contribution in [3.63, 3.8) is 0 Å². The van der Waals surface area contributed by atoms with Crippen molar-refractivity contribution in [3.05, 3.63) is 93.9 Å². The van der Waals surface area contributed by atoms with Gasteiger partial charge in [0.15, 0.2) is 5.17 Å². The zero-order chi connectivity index (χ0) is 26.9. The Morgan fingerprint density at radius 3 is 2.45 bits per heavy atom. The van der Waals surface area contributed by atoms with Crippen LogP contribution in [0, 0.1) is 0 Å². The Morgan fingerprint density at radius 2 is 1.74 bits per heavy atom. The summed E-state index contributed by atoms with van der Waals surface area (Å²) >= 11 is 2.70. The predicted molar refractivity (Wildman–Crippen MR) is 147 cm³/mol. The smallest absolute Gasteiger partial charge is 0.416 e. The van der Waals surface area contributed by atoms with Crippen LogP contribution in [0.3, 0.4) is 0 Å². The Labute approximate surface area is 227 Å². The average Bonchev–Trinajstić information content (AvgIpc) is 3.43. The second-order valence-electron chi connectivity index (χ2n) is 8.55. The minimum Gasteiger partial charge on any atom is -0.497 e. The van der Waals surface area contributed by atoms with Gasteiger partial charge >= 0.3 is 6.18 Å². The Balaban J connectivity index is 1.53. The molecule has 0 radical (unpaired) electrons. The minimum atomic E-state index is -4.48. The number of ether oxygens (including phenoxy) is 1. The van der Waals surface area contributed by atoms with Gasteiger partial charge < -0.3 is 9.64 Å². The number of hydrogen-bond acceptors (Lipinski definition) is 6. The molecule has 10 heteroatoms. The molecule has 0 N–H and O–H groups in total. The predicted octanol–water partition coefficient (Wildman–Crippen LogP) is 7.32. The highest BCUT2D eigenvalue weighted by Crippen LogP contribution is 2.51. The van der Waals surface area contributed by atoms with Crippen molar-refractivity contribution in [1.82, 2.24) is 4.90 Å². The summed E-state index contributed by atoms with van der Waals surface area (Å²) in [5, 5.41) is 1.14. The number of nitrogens with zero attached hydrogens (tertiary/aromatic N) is 3. The van der Waals surface area contributed by atoms with E-state index >= 15 is 0 Å². The first kappa shape index (κ1) is 26.2. The van der Waals surface area contributed by atoms with Crippen molar-refractivity contribution in [2.75, 3.05) is 25.1 Å². The number of benzene rings is 3. The highest BCUT2D eigenvalue weighted by Gasteiger charge is 2.40. The molecule has 1 fully saturated rings. The molecular formula is C28H24F3N3O2S2. The lowest BCUT2D eigenvalue weighted by Gasteiger charge is -2.19. The summed E-state index contributed by atoms with van der Waals surface area (Å²) in [6, 6.07) is 20.4. The first-order valence-corrected chi connectivity index (χ1v) is 13.6. The van der Waals surface area contributed by atoms with Crippen molar-refractivity contribution in [2.45, 2.75) is 24.4 Å². The van der Waals surface area contributed by atoms with Gasteiger partial charge in [-0.05, 0) is 61.0 Å². The summed E-state index contributed by atoms with van der Waals surface area (Å²) in [4.78, 5) is 23.5. The van der Waals surface area contributed by atoms with Crippen LogP contribution in [0.15, 0.2) is 92.6 Å². The number of carbonyl (C=O) groups excluding carboxylic acids is 1. The Hall–Kier alpha value is -3.37. The van der Waals surface area contributed by atoms with Gasteiger partial charge in [0.05, 0.1) is 24.0 Å². The fourth-order valence-electron chi connectivity index (χ4n) is 4.24. The van der Waals surface area contributed by atoms with Gasteiger partial charge in [0, 0.05) is 24.1 Å². The van der Waals surface area contributed by atoms with E-state index in [0.29, 0.717) is 29.6 Å². The largest absolute Gasteiger partial charge is 0.497 e. The first-order chi connectivity index (χ1) is 18.3. The van der Waals surface area contributed by atoms with Crippen LogP contribution in [0.4, 0.5) is 24.5 Å². The lowest BCUT2D eigenvalue weighted by atomic mass is 10.1. The highest BCUT2D eigenvalue weighted by molar-refractivity contribution is 8.19. The van der Waals surface area contributed by atoms with Crippen molar-refractivity contribution >= 4 is 46.0 Å². The van der Waals surface area contributed by atoms with E-state index in [4.69, 9.17) is 4.74 Å². The van der Waals surface area contributed by atoms with Crippen LogP contribution >= 0.6 is 23.5 Å². The van der Waals surface area contributed by atoms with E-state index in [9.17, 15) is 18.0 Å². The van der Waals surface area contributed by atoms with Gasteiger partial charge in [-0.1, -0.05) is 48.2 Å². The lowest BCUT2D eigenvalue weighted by Crippen LogP contribution is -2.32. The van der Waals surface area contributed by atoms with Crippen LogP contribution in [-0.4, -0.2) is 36.2 Å². The van der Waals surface area contributed by atoms with Gasteiger partial charge in [-0.3, -0.25) is 9.69 Å². The van der Waals surface area contributed by atoms with Gasteiger partial charge in [-0.25, -0.2) is 4.99 Å². The number of thioether (sulfide) groups is 2. The van der Waals surface area contributed by atoms with Crippen LogP contribution in [0.2, 0.25) is 0 Å². The third kappa shape index (κ3) is 5.28. The third-order valence-corrected chi connectivity index (χ3v) is 8.53. The standard InChI is InChI=1S/C28H24F3N3O2S2/c1-3-33-22-17-21(36-2)12-13-23(22)37-26(33)24-25(35)34(15-14-18-8-5-4-6-9-18)27(38-24)32-20-11-7-10-19(16-20)28(29,30)31/h4-13,16-17H,3,14-15H2,1-2H3. The molecule has 5 rings (SSSR count). The zero-order valence-electron chi connectivity index (χ0n) is 20.7. The van der Waals surface area contributed by atoms with E-state index in [1.165, 1.54) is 35.7 Å². The summed E-state index contributed by atoms with van der Waals surface area (Å²) in [5.41, 5.74) is 1.36. The third-order valence-electron chi connectivity index (χ3n) is 6.15. The van der Waals surface area contributed by atoms with Gasteiger partial charge in [0.2, 0.25) is 0 Å². The SMILES string of the molecule is CCN1C(=C2SC(=Nc3cccc(C(F)(F)F)c3)N(CCc3ccccc3)C2=O)Sc2ccc(OC)cc21. The van der Waals surface area contributed by atoms with E-state index in [2.05, 4.69) is 9.89 Å². The number of amidine groups is 1. The number of fused-ring (bicyclic) bond motifs is 1. The number of methoxy groups -OCH3 is 1. The summed E-state index contributed by atoms with van der Waals surface area (Å²) in [7, 11) is 1.61. The van der Waals surface area contributed by atoms with Crippen molar-refractivity contribution < 1.29 is 22.7 Å².